The molecule has 0 radical (unpaired) electrons. The topological polar surface area (TPSA) is 38.0 Å². The predicted octanol–water partition coefficient (Wildman–Crippen LogP) is 3.23. The fourth-order valence-corrected chi connectivity index (χ4v) is 2.08. The summed E-state index contributed by atoms with van der Waals surface area (Å²) in [5.74, 6) is 5.31. The van der Waals surface area contributed by atoms with E-state index < -0.39 is 0 Å². The molecule has 0 spiro atoms. The molecule has 0 aliphatic carbocycles. The summed E-state index contributed by atoms with van der Waals surface area (Å²) in [4.78, 5) is 0. The maximum Gasteiger partial charge on any atom is 0.126 e. The van der Waals surface area contributed by atoms with Crippen molar-refractivity contribution in [2.45, 2.75) is 12.5 Å². The Hall–Kier alpha value is -1.42. The van der Waals surface area contributed by atoms with Gasteiger partial charge in [-0.25, -0.2) is 4.39 Å². The number of nitrogens with two attached hydrogens (primary N) is 1. The highest BCUT2D eigenvalue weighted by atomic mass is 35.5. The molecule has 2 aromatic rings. The van der Waals surface area contributed by atoms with Crippen LogP contribution in [0.25, 0.3) is 0 Å². The summed E-state index contributed by atoms with van der Waals surface area (Å²) in [7, 11) is 0. The number of hydrogen-bond donors (Lipinski definition) is 2. The molecule has 2 nitrogen and oxygen atoms in total. The Labute approximate surface area is 111 Å². The van der Waals surface area contributed by atoms with Gasteiger partial charge in [-0.15, -0.1) is 0 Å². The van der Waals surface area contributed by atoms with Gasteiger partial charge in [0.1, 0.15) is 5.82 Å². The summed E-state index contributed by atoms with van der Waals surface area (Å²) in [6.07, 6.45) is 0.476. The van der Waals surface area contributed by atoms with Crippen LogP contribution < -0.4 is 11.3 Å². The zero-order chi connectivity index (χ0) is 13.0. The first-order chi connectivity index (χ1) is 8.70. The second kappa shape index (κ2) is 5.96. The summed E-state index contributed by atoms with van der Waals surface area (Å²) in [5.41, 5.74) is 4.26. The van der Waals surface area contributed by atoms with Crippen molar-refractivity contribution in [3.8, 4) is 0 Å². The van der Waals surface area contributed by atoms with Crippen molar-refractivity contribution in [3.63, 3.8) is 0 Å². The van der Waals surface area contributed by atoms with Crippen molar-refractivity contribution in [2.24, 2.45) is 5.84 Å². The highest BCUT2D eigenvalue weighted by molar-refractivity contribution is 6.30. The lowest BCUT2D eigenvalue weighted by Gasteiger charge is -2.17. The minimum absolute atomic E-state index is 0.166. The summed E-state index contributed by atoms with van der Waals surface area (Å²) < 4.78 is 13.6. The van der Waals surface area contributed by atoms with Gasteiger partial charge in [-0.3, -0.25) is 11.3 Å². The van der Waals surface area contributed by atoms with E-state index in [1.54, 1.807) is 18.2 Å². The standard InChI is InChI=1S/C14H14ClFN2/c15-12-6-3-5-11(8-12)14(18-17)9-10-4-1-2-7-13(10)16/h1-8,14,18H,9,17H2. The van der Waals surface area contributed by atoms with Gasteiger partial charge < -0.3 is 0 Å². The van der Waals surface area contributed by atoms with Crippen LogP contribution in [-0.2, 0) is 6.42 Å². The molecule has 0 aliphatic heterocycles. The Morgan fingerprint density at radius 1 is 1.17 bits per heavy atom. The highest BCUT2D eigenvalue weighted by Gasteiger charge is 2.13. The Bertz CT molecular complexity index is 531. The van der Waals surface area contributed by atoms with Crippen molar-refractivity contribution < 1.29 is 4.39 Å². The molecule has 0 saturated heterocycles. The van der Waals surface area contributed by atoms with Crippen LogP contribution in [-0.4, -0.2) is 0 Å². The van der Waals surface area contributed by atoms with E-state index in [4.69, 9.17) is 17.4 Å². The largest absolute Gasteiger partial charge is 0.271 e. The van der Waals surface area contributed by atoms with Gasteiger partial charge in [-0.2, -0.15) is 0 Å². The lowest BCUT2D eigenvalue weighted by atomic mass is 9.99. The molecule has 0 amide bonds. The third-order valence-electron chi connectivity index (χ3n) is 2.83. The molecule has 0 saturated carbocycles. The van der Waals surface area contributed by atoms with Crippen LogP contribution in [0.4, 0.5) is 4.39 Å². The number of hydrazine groups is 1. The first-order valence-electron chi connectivity index (χ1n) is 5.65. The van der Waals surface area contributed by atoms with Crippen LogP contribution in [0.1, 0.15) is 17.2 Å². The summed E-state index contributed by atoms with van der Waals surface area (Å²) >= 11 is 5.94. The van der Waals surface area contributed by atoms with Gasteiger partial charge >= 0.3 is 0 Å². The summed E-state index contributed by atoms with van der Waals surface area (Å²) in [5, 5.41) is 0.640. The molecule has 0 heterocycles. The fourth-order valence-electron chi connectivity index (χ4n) is 1.88. The average molecular weight is 265 g/mol. The van der Waals surface area contributed by atoms with E-state index >= 15 is 0 Å². The lowest BCUT2D eigenvalue weighted by Crippen LogP contribution is -2.29. The summed E-state index contributed by atoms with van der Waals surface area (Å²) in [6.45, 7) is 0. The van der Waals surface area contributed by atoms with Gasteiger partial charge in [0.15, 0.2) is 0 Å². The molecular formula is C14H14ClFN2. The minimum atomic E-state index is -0.222. The van der Waals surface area contributed by atoms with E-state index in [1.165, 1.54) is 6.07 Å². The van der Waals surface area contributed by atoms with Crippen molar-refractivity contribution in [3.05, 3.63) is 70.5 Å². The van der Waals surface area contributed by atoms with Crippen LogP contribution in [0, 0.1) is 5.82 Å². The van der Waals surface area contributed by atoms with E-state index in [9.17, 15) is 4.39 Å². The lowest BCUT2D eigenvalue weighted by molar-refractivity contribution is 0.529. The molecule has 0 aromatic heterocycles. The molecule has 1 atom stereocenters. The fraction of sp³-hybridized carbons (Fsp3) is 0.143. The number of hydrogen-bond acceptors (Lipinski definition) is 2. The highest BCUT2D eigenvalue weighted by Crippen LogP contribution is 2.22. The van der Waals surface area contributed by atoms with Crippen LogP contribution in [0.5, 0.6) is 0 Å². The first-order valence-corrected chi connectivity index (χ1v) is 6.03. The Balaban J connectivity index is 2.23. The van der Waals surface area contributed by atoms with Crippen molar-refractivity contribution >= 4 is 11.6 Å². The normalized spacial score (nSPS) is 12.4. The minimum Gasteiger partial charge on any atom is -0.271 e. The van der Waals surface area contributed by atoms with E-state index in [-0.39, 0.29) is 11.9 Å². The molecule has 4 heteroatoms. The van der Waals surface area contributed by atoms with Crippen molar-refractivity contribution in [2.75, 3.05) is 0 Å². The second-order valence-corrected chi connectivity index (χ2v) is 4.51. The molecule has 2 rings (SSSR count). The maximum atomic E-state index is 13.6. The van der Waals surface area contributed by atoms with Gasteiger partial charge in [0.2, 0.25) is 0 Å². The number of benzene rings is 2. The zero-order valence-electron chi connectivity index (χ0n) is 9.74. The van der Waals surface area contributed by atoms with Crippen molar-refractivity contribution in [1.29, 1.82) is 0 Å². The third kappa shape index (κ3) is 3.07. The first kappa shape index (κ1) is 13.0. The monoisotopic (exact) mass is 264 g/mol. The Morgan fingerprint density at radius 3 is 2.61 bits per heavy atom. The Kier molecular flexibility index (Phi) is 4.31. The SMILES string of the molecule is NNC(Cc1ccccc1F)c1cccc(Cl)c1. The van der Waals surface area contributed by atoms with E-state index in [1.807, 2.05) is 24.3 Å². The van der Waals surface area contributed by atoms with Crippen LogP contribution >= 0.6 is 11.6 Å². The molecule has 3 N–H and O–H groups in total. The van der Waals surface area contributed by atoms with Crippen LogP contribution in [0.15, 0.2) is 48.5 Å². The van der Waals surface area contributed by atoms with Crippen LogP contribution in [0.2, 0.25) is 5.02 Å². The molecule has 0 fully saturated rings. The van der Waals surface area contributed by atoms with Gasteiger partial charge in [-0.1, -0.05) is 41.9 Å². The summed E-state index contributed by atoms with van der Waals surface area (Å²) in [6, 6.07) is 13.9. The number of rotatable bonds is 4. The number of halogens is 2. The average Bonchev–Trinajstić information content (AvgIpc) is 2.38. The van der Waals surface area contributed by atoms with Gasteiger partial charge in [0.25, 0.3) is 0 Å². The maximum absolute atomic E-state index is 13.6. The number of nitrogens with one attached hydrogen (secondary N) is 1. The van der Waals surface area contributed by atoms with Gasteiger partial charge in [0, 0.05) is 5.02 Å². The van der Waals surface area contributed by atoms with E-state index in [2.05, 4.69) is 5.43 Å². The molecule has 0 aliphatic rings. The molecule has 18 heavy (non-hydrogen) atoms. The van der Waals surface area contributed by atoms with Gasteiger partial charge in [0.05, 0.1) is 6.04 Å². The van der Waals surface area contributed by atoms with E-state index in [0.29, 0.717) is 17.0 Å². The molecule has 1 unspecified atom stereocenters. The van der Waals surface area contributed by atoms with Gasteiger partial charge in [-0.05, 0) is 35.7 Å². The quantitative estimate of drug-likeness (QED) is 0.657. The molecular weight excluding hydrogens is 251 g/mol. The predicted molar refractivity (Wildman–Crippen MR) is 71.6 cm³/mol. The zero-order valence-corrected chi connectivity index (χ0v) is 10.5. The van der Waals surface area contributed by atoms with Crippen LogP contribution in [0.3, 0.4) is 0 Å². The molecule has 0 bridgehead atoms. The molecule has 2 aromatic carbocycles. The Morgan fingerprint density at radius 2 is 1.94 bits per heavy atom. The second-order valence-electron chi connectivity index (χ2n) is 4.07. The smallest absolute Gasteiger partial charge is 0.126 e. The van der Waals surface area contributed by atoms with E-state index in [0.717, 1.165) is 5.56 Å². The van der Waals surface area contributed by atoms with Crippen molar-refractivity contribution in [1.82, 2.24) is 5.43 Å². The third-order valence-corrected chi connectivity index (χ3v) is 3.07. The molecule has 94 valence electrons.